The standard InChI is InChI=1S/C50H68O5/c1-35(2)40(26-30-51)31-44(52)36(3)41-24-25-42-45-47(54-33-38-19-11-7-12-20-38)46(53-32-37-17-9-6-10-18-37)43-23-15-16-27-49(43,5)50(45,29-28-48(41,42)4)55-34-39-21-13-8-14-22-39/h6-14,17-22,24,35-36,40,42-47,51-52H,15-16,23,25-34H2,1-5H3/t36?,40?,42?,43?,44?,45?,46-,47?,48-,49+,50-/m1/s1. The molecule has 0 radical (unpaired) electrons. The van der Waals surface area contributed by atoms with E-state index in [4.69, 9.17) is 14.2 Å². The highest BCUT2D eigenvalue weighted by Gasteiger charge is 2.72. The van der Waals surface area contributed by atoms with Crippen LogP contribution in [0.3, 0.4) is 0 Å². The fourth-order valence-corrected chi connectivity index (χ4v) is 12.2. The molecule has 0 spiro atoms. The number of aliphatic hydroxyl groups excluding tert-OH is 2. The van der Waals surface area contributed by atoms with E-state index in [0.717, 1.165) is 38.5 Å². The van der Waals surface area contributed by atoms with Crippen LogP contribution in [0.15, 0.2) is 103 Å². The van der Waals surface area contributed by atoms with Gasteiger partial charge in [0.05, 0.1) is 43.7 Å². The normalized spacial score (nSPS) is 33.2. The van der Waals surface area contributed by atoms with E-state index in [1.807, 2.05) is 0 Å². The summed E-state index contributed by atoms with van der Waals surface area (Å²) in [5, 5.41) is 21.7. The average molecular weight is 749 g/mol. The Hall–Kier alpha value is -2.80. The van der Waals surface area contributed by atoms with Crippen molar-refractivity contribution in [2.75, 3.05) is 6.61 Å². The lowest BCUT2D eigenvalue weighted by molar-refractivity contribution is -0.324. The number of hydrogen-bond acceptors (Lipinski definition) is 5. The summed E-state index contributed by atoms with van der Waals surface area (Å²) in [6.45, 7) is 13.6. The van der Waals surface area contributed by atoms with E-state index in [1.54, 1.807) is 0 Å². The van der Waals surface area contributed by atoms with E-state index in [0.29, 0.717) is 44.0 Å². The van der Waals surface area contributed by atoms with Gasteiger partial charge in [-0.3, -0.25) is 0 Å². The summed E-state index contributed by atoms with van der Waals surface area (Å²) >= 11 is 0. The summed E-state index contributed by atoms with van der Waals surface area (Å²) in [7, 11) is 0. The van der Waals surface area contributed by atoms with Gasteiger partial charge in [-0.25, -0.2) is 0 Å². The van der Waals surface area contributed by atoms with Crippen LogP contribution in [0.2, 0.25) is 0 Å². The van der Waals surface area contributed by atoms with E-state index >= 15 is 0 Å². The number of rotatable bonds is 16. The highest BCUT2D eigenvalue weighted by molar-refractivity contribution is 5.32. The number of benzene rings is 3. The summed E-state index contributed by atoms with van der Waals surface area (Å²) in [4.78, 5) is 0. The Labute approximate surface area is 331 Å². The molecule has 0 saturated heterocycles. The van der Waals surface area contributed by atoms with Crippen LogP contribution in [0.4, 0.5) is 0 Å². The molecule has 3 saturated carbocycles. The van der Waals surface area contributed by atoms with Crippen molar-refractivity contribution in [1.29, 1.82) is 0 Å². The van der Waals surface area contributed by atoms with Crippen molar-refractivity contribution in [2.45, 2.75) is 136 Å². The number of ether oxygens (including phenoxy) is 3. The van der Waals surface area contributed by atoms with Crippen molar-refractivity contribution in [3.63, 3.8) is 0 Å². The van der Waals surface area contributed by atoms with Gasteiger partial charge in [0.1, 0.15) is 0 Å². The molecule has 298 valence electrons. The molecule has 7 rings (SSSR count). The number of fused-ring (bicyclic) bond motifs is 5. The third kappa shape index (κ3) is 7.91. The molecule has 4 aliphatic rings. The molecule has 3 aromatic rings. The van der Waals surface area contributed by atoms with E-state index in [2.05, 4.69) is 132 Å². The maximum Gasteiger partial charge on any atom is 0.0903 e. The summed E-state index contributed by atoms with van der Waals surface area (Å²) in [6.07, 6.45) is 10.8. The van der Waals surface area contributed by atoms with Gasteiger partial charge < -0.3 is 24.4 Å². The Morgan fingerprint density at radius 2 is 1.29 bits per heavy atom. The van der Waals surface area contributed by atoms with Gasteiger partial charge in [-0.2, -0.15) is 0 Å². The number of aliphatic hydroxyl groups is 2. The first-order chi connectivity index (χ1) is 26.6. The smallest absolute Gasteiger partial charge is 0.0903 e. The van der Waals surface area contributed by atoms with Crippen LogP contribution in [-0.2, 0) is 34.0 Å². The van der Waals surface area contributed by atoms with Gasteiger partial charge in [-0.1, -0.05) is 150 Å². The average Bonchev–Trinajstić information content (AvgIpc) is 3.56. The SMILES string of the molecule is CC(C)C(CCO)CC(O)C(C)C1=CCC2C3C(OCc4ccccc4)[C@H](OCc4ccccc4)C4CCCC[C@]4(C)[C@@]3(OCc3ccccc3)CC[C@]12C. The Balaban J connectivity index is 1.30. The molecule has 5 nitrogen and oxygen atoms in total. The van der Waals surface area contributed by atoms with Crippen molar-refractivity contribution < 1.29 is 24.4 Å². The second-order valence-corrected chi connectivity index (χ2v) is 18.5. The quantitative estimate of drug-likeness (QED) is 0.143. The van der Waals surface area contributed by atoms with Crippen molar-refractivity contribution in [3.8, 4) is 0 Å². The number of allylic oxidation sites excluding steroid dienone is 1. The second kappa shape index (κ2) is 17.4. The van der Waals surface area contributed by atoms with Gasteiger partial charge in [0.25, 0.3) is 0 Å². The van der Waals surface area contributed by atoms with Gasteiger partial charge in [-0.05, 0) is 90.7 Å². The Morgan fingerprint density at radius 1 is 0.709 bits per heavy atom. The number of hydrogen-bond donors (Lipinski definition) is 2. The second-order valence-electron chi connectivity index (χ2n) is 18.5. The molecule has 55 heavy (non-hydrogen) atoms. The highest BCUT2D eigenvalue weighted by atomic mass is 16.5. The third-order valence-corrected chi connectivity index (χ3v) is 15.3. The summed E-state index contributed by atoms with van der Waals surface area (Å²) in [6, 6.07) is 32.0. The molecule has 7 unspecified atom stereocenters. The first-order valence-electron chi connectivity index (χ1n) is 21.6. The minimum absolute atomic E-state index is 0.0306. The van der Waals surface area contributed by atoms with Gasteiger partial charge in [-0.15, -0.1) is 0 Å². The van der Waals surface area contributed by atoms with Crippen molar-refractivity contribution >= 4 is 0 Å². The molecule has 4 aliphatic carbocycles. The summed E-state index contributed by atoms with van der Waals surface area (Å²) < 4.78 is 22.4. The summed E-state index contributed by atoms with van der Waals surface area (Å²) in [5.74, 6) is 1.41. The van der Waals surface area contributed by atoms with Gasteiger partial charge in [0.15, 0.2) is 0 Å². The molecule has 3 aromatic carbocycles. The predicted octanol–water partition coefficient (Wildman–Crippen LogP) is 10.7. The Kier molecular flexibility index (Phi) is 12.8. The molecule has 5 heteroatoms. The third-order valence-electron chi connectivity index (χ3n) is 15.3. The first-order valence-corrected chi connectivity index (χ1v) is 21.6. The van der Waals surface area contributed by atoms with Crippen LogP contribution in [0, 0.1) is 46.3 Å². The topological polar surface area (TPSA) is 68.2 Å². The van der Waals surface area contributed by atoms with E-state index in [9.17, 15) is 10.2 Å². The maximum absolute atomic E-state index is 11.9. The van der Waals surface area contributed by atoms with E-state index < -0.39 is 11.7 Å². The minimum atomic E-state index is -0.458. The molecule has 0 aliphatic heterocycles. The van der Waals surface area contributed by atoms with Crippen molar-refractivity contribution in [1.82, 2.24) is 0 Å². The molecule has 0 amide bonds. The molecule has 3 fully saturated rings. The van der Waals surface area contributed by atoms with Crippen LogP contribution >= 0.6 is 0 Å². The minimum Gasteiger partial charge on any atom is -0.396 e. The molecule has 0 aromatic heterocycles. The molecule has 11 atom stereocenters. The fraction of sp³-hybridized carbons (Fsp3) is 0.600. The molecule has 2 N–H and O–H groups in total. The van der Waals surface area contributed by atoms with Crippen molar-refractivity contribution in [3.05, 3.63) is 119 Å². The summed E-state index contributed by atoms with van der Waals surface area (Å²) in [5.41, 5.74) is 4.40. The van der Waals surface area contributed by atoms with Gasteiger partial charge in [0, 0.05) is 23.9 Å². The lowest BCUT2D eigenvalue weighted by Gasteiger charge is -2.69. The highest BCUT2D eigenvalue weighted by Crippen LogP contribution is 2.71. The monoisotopic (exact) mass is 749 g/mol. The van der Waals surface area contributed by atoms with Crippen molar-refractivity contribution in [2.24, 2.45) is 46.3 Å². The van der Waals surface area contributed by atoms with Gasteiger partial charge >= 0.3 is 0 Å². The van der Waals surface area contributed by atoms with Crippen LogP contribution in [0.25, 0.3) is 0 Å². The lowest BCUT2D eigenvalue weighted by Crippen LogP contribution is -2.74. The van der Waals surface area contributed by atoms with E-state index in [1.165, 1.54) is 35.1 Å². The zero-order chi connectivity index (χ0) is 38.6. The molecular weight excluding hydrogens is 681 g/mol. The first kappa shape index (κ1) is 40.4. The van der Waals surface area contributed by atoms with Crippen LogP contribution in [-0.4, -0.2) is 40.7 Å². The van der Waals surface area contributed by atoms with Crippen LogP contribution < -0.4 is 0 Å². The van der Waals surface area contributed by atoms with Gasteiger partial charge in [0.2, 0.25) is 0 Å². The molecule has 0 bridgehead atoms. The van der Waals surface area contributed by atoms with E-state index in [-0.39, 0.29) is 47.4 Å². The molecular formula is C50H68O5. The predicted molar refractivity (Wildman–Crippen MR) is 221 cm³/mol. The molecule has 0 heterocycles. The Morgan fingerprint density at radius 3 is 1.87 bits per heavy atom. The zero-order valence-electron chi connectivity index (χ0n) is 34.2. The largest absolute Gasteiger partial charge is 0.396 e. The fourth-order valence-electron chi connectivity index (χ4n) is 12.2. The maximum atomic E-state index is 11.9. The van der Waals surface area contributed by atoms with Crippen LogP contribution in [0.5, 0.6) is 0 Å². The lowest BCUT2D eigenvalue weighted by atomic mass is 9.41. The zero-order valence-corrected chi connectivity index (χ0v) is 34.2. The Bertz CT molecular complexity index is 1680. The van der Waals surface area contributed by atoms with Crippen LogP contribution in [0.1, 0.15) is 109 Å².